The second-order valence-corrected chi connectivity index (χ2v) is 8.83. The van der Waals surface area contributed by atoms with Crippen molar-refractivity contribution in [3.8, 4) is 0 Å². The molecule has 1 atom stereocenters. The molecule has 7 nitrogen and oxygen atoms in total. The van der Waals surface area contributed by atoms with Gasteiger partial charge in [-0.1, -0.05) is 49.6 Å². The summed E-state index contributed by atoms with van der Waals surface area (Å²) < 4.78 is 0. The van der Waals surface area contributed by atoms with Crippen LogP contribution < -0.4 is 26.8 Å². The van der Waals surface area contributed by atoms with Crippen LogP contribution in [0.15, 0.2) is 41.6 Å². The topological polar surface area (TPSA) is 80.5 Å². The summed E-state index contributed by atoms with van der Waals surface area (Å²) in [5, 5.41) is 10.9. The van der Waals surface area contributed by atoms with E-state index in [-0.39, 0.29) is 17.9 Å². The van der Waals surface area contributed by atoms with Crippen LogP contribution in [0, 0.1) is 0 Å². The molecule has 1 aromatic rings. The zero-order chi connectivity index (χ0) is 20.3. The predicted octanol–water partition coefficient (Wildman–Crippen LogP) is 2.15. The minimum absolute atomic E-state index is 0.0758. The van der Waals surface area contributed by atoms with Gasteiger partial charge in [0.2, 0.25) is 0 Å². The minimum Gasteiger partial charge on any atom is -0.359 e. The molecule has 29 heavy (non-hydrogen) atoms. The van der Waals surface area contributed by atoms with Gasteiger partial charge in [0.15, 0.2) is 0 Å². The van der Waals surface area contributed by atoms with E-state index in [0.717, 1.165) is 12.1 Å². The highest BCUT2D eigenvalue weighted by molar-refractivity contribution is 5.76. The van der Waals surface area contributed by atoms with Crippen molar-refractivity contribution >= 4 is 6.03 Å². The maximum absolute atomic E-state index is 12.9. The van der Waals surface area contributed by atoms with Crippen LogP contribution >= 0.6 is 0 Å². The third-order valence-corrected chi connectivity index (χ3v) is 6.48. The fourth-order valence-corrected chi connectivity index (χ4v) is 4.68. The minimum atomic E-state index is -0.330. The summed E-state index contributed by atoms with van der Waals surface area (Å²) in [7, 11) is 0. The summed E-state index contributed by atoms with van der Waals surface area (Å²) in [6.45, 7) is 6.22. The van der Waals surface area contributed by atoms with Crippen molar-refractivity contribution < 1.29 is 4.79 Å². The average molecular weight is 399 g/mol. The first kappa shape index (κ1) is 20.2. The Balaban J connectivity index is 1.31. The molecule has 158 valence electrons. The number of urea groups is 1. The van der Waals surface area contributed by atoms with Crippen LogP contribution in [0.5, 0.6) is 0 Å². The first-order chi connectivity index (χ1) is 14.0. The van der Waals surface area contributed by atoms with Crippen molar-refractivity contribution in [3.05, 3.63) is 47.2 Å². The molecule has 2 aliphatic heterocycles. The van der Waals surface area contributed by atoms with Gasteiger partial charge >= 0.3 is 6.03 Å². The largest absolute Gasteiger partial charge is 0.359 e. The van der Waals surface area contributed by atoms with Crippen LogP contribution in [-0.2, 0) is 6.54 Å². The number of hydrogen-bond acceptors (Lipinski definition) is 5. The molecule has 5 N–H and O–H groups in total. The molecule has 2 amide bonds. The van der Waals surface area contributed by atoms with Crippen molar-refractivity contribution in [1.29, 1.82) is 0 Å². The summed E-state index contributed by atoms with van der Waals surface area (Å²) >= 11 is 0. The Kier molecular flexibility index (Phi) is 6.08. The van der Waals surface area contributed by atoms with E-state index in [2.05, 4.69) is 40.6 Å². The molecule has 3 aliphatic rings. The number of nitrogens with one attached hydrogen (secondary N) is 5. The number of carbonyl (C=O) groups excluding carboxylic acids is 1. The lowest BCUT2D eigenvalue weighted by molar-refractivity contribution is 0.166. The van der Waals surface area contributed by atoms with E-state index in [1.54, 1.807) is 0 Å². The number of hydrazine groups is 1. The van der Waals surface area contributed by atoms with Crippen molar-refractivity contribution in [2.75, 3.05) is 13.1 Å². The van der Waals surface area contributed by atoms with E-state index in [9.17, 15) is 4.79 Å². The molecule has 4 rings (SSSR count). The Morgan fingerprint density at radius 3 is 2.69 bits per heavy atom. The normalized spacial score (nSPS) is 24.2. The van der Waals surface area contributed by atoms with Gasteiger partial charge in [0.05, 0.1) is 12.1 Å². The van der Waals surface area contributed by atoms with Crippen LogP contribution in [0.25, 0.3) is 0 Å². The van der Waals surface area contributed by atoms with Crippen molar-refractivity contribution in [2.24, 2.45) is 0 Å². The highest BCUT2D eigenvalue weighted by atomic mass is 16.2. The molecule has 1 aromatic carbocycles. The van der Waals surface area contributed by atoms with Gasteiger partial charge in [-0.15, -0.1) is 0 Å². The first-order valence-electron chi connectivity index (χ1n) is 10.9. The summed E-state index contributed by atoms with van der Waals surface area (Å²) in [5.74, 6) is 0. The van der Waals surface area contributed by atoms with Crippen molar-refractivity contribution in [3.63, 3.8) is 0 Å². The third-order valence-electron chi connectivity index (χ3n) is 6.48. The van der Waals surface area contributed by atoms with Gasteiger partial charge in [0, 0.05) is 24.8 Å². The molecule has 1 saturated carbocycles. The molecule has 0 bridgehead atoms. The van der Waals surface area contributed by atoms with Crippen molar-refractivity contribution in [2.45, 2.75) is 70.4 Å². The maximum Gasteiger partial charge on any atom is 0.332 e. The lowest BCUT2D eigenvalue weighted by atomic mass is 9.93. The Labute approximate surface area is 173 Å². The molecular formula is C22H34N6O. The molecule has 0 spiro atoms. The van der Waals surface area contributed by atoms with Crippen LogP contribution in [0.1, 0.15) is 51.5 Å². The van der Waals surface area contributed by atoms with Gasteiger partial charge < -0.3 is 10.2 Å². The van der Waals surface area contributed by atoms with Gasteiger partial charge in [-0.2, -0.15) is 0 Å². The number of hydrogen-bond donors (Lipinski definition) is 5. The van der Waals surface area contributed by atoms with E-state index >= 15 is 0 Å². The standard InChI is InChI=1S/C22H34N6O/c1-22(2)18-14-23-20(25-17-11-7-4-8-12-17)26-19(18)15-28(22)21(29)27-24-13-16-9-5-3-6-10-16/h3,5-6,9-10,17,20,23-26H,4,7-8,11-15H2,1-2H3,(H,27,29). The number of rotatable bonds is 5. The monoisotopic (exact) mass is 398 g/mol. The molecule has 2 heterocycles. The Morgan fingerprint density at radius 2 is 1.93 bits per heavy atom. The van der Waals surface area contributed by atoms with E-state index < -0.39 is 0 Å². The quantitative estimate of drug-likeness (QED) is 0.491. The fourth-order valence-electron chi connectivity index (χ4n) is 4.68. The van der Waals surface area contributed by atoms with Gasteiger partial charge in [0.1, 0.15) is 6.29 Å². The number of nitrogens with zero attached hydrogens (tertiary/aromatic N) is 1. The zero-order valence-corrected chi connectivity index (χ0v) is 17.6. The van der Waals surface area contributed by atoms with E-state index in [1.165, 1.54) is 43.4 Å². The van der Waals surface area contributed by atoms with E-state index in [0.29, 0.717) is 19.1 Å². The second-order valence-electron chi connectivity index (χ2n) is 8.83. The first-order valence-corrected chi connectivity index (χ1v) is 10.9. The van der Waals surface area contributed by atoms with Crippen LogP contribution in [0.3, 0.4) is 0 Å². The Bertz CT molecular complexity index is 741. The highest BCUT2D eigenvalue weighted by Gasteiger charge is 2.44. The summed E-state index contributed by atoms with van der Waals surface area (Å²) in [6.07, 6.45) is 6.56. The molecule has 1 fully saturated rings. The molecule has 1 unspecified atom stereocenters. The third kappa shape index (κ3) is 4.57. The Hall–Kier alpha value is -2.09. The smallest absolute Gasteiger partial charge is 0.332 e. The SMILES string of the molecule is CC1(C)C2=C(CN1C(=O)NNCc1ccccc1)NC(NC1CCCCC1)NC2. The van der Waals surface area contributed by atoms with E-state index in [1.807, 2.05) is 35.2 Å². The average Bonchev–Trinajstić information content (AvgIpc) is 3.00. The zero-order valence-electron chi connectivity index (χ0n) is 17.6. The molecule has 0 aromatic heterocycles. The lowest BCUT2D eigenvalue weighted by Crippen LogP contribution is -2.59. The lowest BCUT2D eigenvalue weighted by Gasteiger charge is -2.36. The van der Waals surface area contributed by atoms with Gasteiger partial charge in [0.25, 0.3) is 0 Å². The fraction of sp³-hybridized carbons (Fsp3) is 0.591. The molecule has 0 saturated heterocycles. The number of carbonyl (C=O) groups is 1. The van der Waals surface area contributed by atoms with Crippen LogP contribution in [0.2, 0.25) is 0 Å². The summed E-state index contributed by atoms with van der Waals surface area (Å²) in [4.78, 5) is 14.8. The molecule has 0 radical (unpaired) electrons. The maximum atomic E-state index is 12.9. The van der Waals surface area contributed by atoms with Crippen LogP contribution in [-0.4, -0.2) is 41.9 Å². The summed E-state index contributed by atoms with van der Waals surface area (Å²) in [5.41, 5.74) is 9.15. The molecule has 1 aliphatic carbocycles. The second kappa shape index (κ2) is 8.73. The van der Waals surface area contributed by atoms with Gasteiger partial charge in [-0.05, 0) is 37.8 Å². The Morgan fingerprint density at radius 1 is 1.17 bits per heavy atom. The molecular weight excluding hydrogens is 364 g/mol. The molecule has 7 heteroatoms. The predicted molar refractivity (Wildman–Crippen MR) is 115 cm³/mol. The number of benzene rings is 1. The van der Waals surface area contributed by atoms with Crippen molar-refractivity contribution in [1.82, 2.24) is 31.7 Å². The van der Waals surface area contributed by atoms with Gasteiger partial charge in [-0.3, -0.25) is 16.1 Å². The number of amides is 2. The van der Waals surface area contributed by atoms with Gasteiger partial charge in [-0.25, -0.2) is 10.2 Å². The van der Waals surface area contributed by atoms with Crippen LogP contribution in [0.4, 0.5) is 4.79 Å². The summed E-state index contributed by atoms with van der Waals surface area (Å²) in [6, 6.07) is 10.5. The van der Waals surface area contributed by atoms with E-state index in [4.69, 9.17) is 0 Å². The highest BCUT2D eigenvalue weighted by Crippen LogP contribution is 2.34.